The van der Waals surface area contributed by atoms with Crippen LogP contribution in [0.2, 0.25) is 0 Å². The third-order valence-corrected chi connectivity index (χ3v) is 6.84. The summed E-state index contributed by atoms with van der Waals surface area (Å²) in [4.78, 5) is 26.7. The number of ether oxygens (including phenoxy) is 2. The third kappa shape index (κ3) is 7.20. The molecule has 7 heteroatoms. The summed E-state index contributed by atoms with van der Waals surface area (Å²) in [5, 5.41) is 13.5. The van der Waals surface area contributed by atoms with Gasteiger partial charge < -0.3 is 14.6 Å². The Balaban J connectivity index is 0.00000612. The van der Waals surface area contributed by atoms with Crippen molar-refractivity contribution in [2.75, 3.05) is 13.2 Å². The molecule has 0 aromatic heterocycles. The maximum atomic E-state index is 13.5. The largest absolute Gasteiger partial charge is 1.00 e. The zero-order chi connectivity index (χ0) is 25.9. The molecule has 5 nitrogen and oxygen atoms in total. The first kappa shape index (κ1) is 32.3. The number of hydrogen-bond donors (Lipinski definition) is 0. The maximum absolute atomic E-state index is 13.5. The first-order chi connectivity index (χ1) is 15.7. The number of carbonyl (C=O) groups is 2. The third-order valence-electron chi connectivity index (χ3n) is 5.74. The van der Waals surface area contributed by atoms with Gasteiger partial charge in [0.1, 0.15) is 0 Å². The fourth-order valence-electron chi connectivity index (χ4n) is 4.02. The van der Waals surface area contributed by atoms with Gasteiger partial charge in [-0.05, 0) is 46.9 Å². The number of rotatable bonds is 7. The van der Waals surface area contributed by atoms with Gasteiger partial charge in [0.25, 0.3) is 0 Å². The summed E-state index contributed by atoms with van der Waals surface area (Å²) in [5.41, 5.74) is 1.74. The van der Waals surface area contributed by atoms with Crippen molar-refractivity contribution in [1.29, 1.82) is 0 Å². The Hall–Kier alpha value is -0.704. The van der Waals surface area contributed by atoms with Crippen molar-refractivity contribution in [1.82, 2.24) is 0 Å². The van der Waals surface area contributed by atoms with Crippen LogP contribution in [-0.4, -0.2) is 29.5 Å². The summed E-state index contributed by atoms with van der Waals surface area (Å²) in [6.45, 7) is 15.5. The van der Waals surface area contributed by atoms with Crippen LogP contribution in [0.4, 0.5) is 0 Å². The molecule has 0 spiro atoms. The minimum atomic E-state index is -1.84. The van der Waals surface area contributed by atoms with E-state index in [0.29, 0.717) is 16.7 Å². The molecular formula is C28H36BrKO5. The Kier molecular flexibility index (Phi) is 11.7. The molecule has 0 fully saturated rings. The molecule has 0 bridgehead atoms. The molecule has 1 atom stereocenters. The normalized spacial score (nSPS) is 12.9. The van der Waals surface area contributed by atoms with Crippen LogP contribution in [0.15, 0.2) is 42.5 Å². The van der Waals surface area contributed by atoms with Gasteiger partial charge in [-0.2, -0.15) is 0 Å². The van der Waals surface area contributed by atoms with E-state index in [-0.39, 0.29) is 70.3 Å². The first-order valence-corrected chi connectivity index (χ1v) is 12.4. The molecule has 2 rings (SSSR count). The molecule has 0 heterocycles. The van der Waals surface area contributed by atoms with Crippen molar-refractivity contribution < 1.29 is 75.6 Å². The van der Waals surface area contributed by atoms with Crippen molar-refractivity contribution in [3.05, 3.63) is 64.7 Å². The van der Waals surface area contributed by atoms with Gasteiger partial charge in [-0.15, -0.1) is 5.75 Å². The minimum Gasteiger partial charge on any atom is -0.872 e. The molecule has 0 radical (unpaired) electrons. The van der Waals surface area contributed by atoms with Crippen LogP contribution in [0, 0.1) is 0 Å². The minimum absolute atomic E-state index is 0. The number of hydrogen-bond acceptors (Lipinski definition) is 5. The molecule has 0 N–H and O–H groups in total. The molecule has 0 saturated heterocycles. The average Bonchev–Trinajstić information content (AvgIpc) is 2.74. The van der Waals surface area contributed by atoms with E-state index in [4.69, 9.17) is 9.47 Å². The van der Waals surface area contributed by atoms with Gasteiger partial charge >= 0.3 is 63.3 Å². The number of halogens is 1. The van der Waals surface area contributed by atoms with Crippen LogP contribution in [0.5, 0.6) is 5.75 Å². The Morgan fingerprint density at radius 2 is 1.23 bits per heavy atom. The predicted molar refractivity (Wildman–Crippen MR) is 136 cm³/mol. The summed E-state index contributed by atoms with van der Waals surface area (Å²) in [6, 6.07) is 12.9. The fourth-order valence-corrected chi connectivity index (χ4v) is 4.78. The van der Waals surface area contributed by atoms with E-state index in [2.05, 4.69) is 15.9 Å². The van der Waals surface area contributed by atoms with Gasteiger partial charge in [-0.3, -0.25) is 0 Å². The van der Waals surface area contributed by atoms with E-state index < -0.39 is 33.0 Å². The van der Waals surface area contributed by atoms with Gasteiger partial charge in [0.15, 0.2) is 0 Å². The predicted octanol–water partition coefficient (Wildman–Crippen LogP) is 2.75. The fraction of sp³-hybridized carbons (Fsp3) is 0.500. The van der Waals surface area contributed by atoms with Gasteiger partial charge in [-0.25, -0.2) is 9.59 Å². The molecule has 2 aromatic carbocycles. The van der Waals surface area contributed by atoms with Crippen LogP contribution < -0.4 is 56.5 Å². The summed E-state index contributed by atoms with van der Waals surface area (Å²) < 4.78 is 8.90. The Morgan fingerprint density at radius 3 is 1.57 bits per heavy atom. The van der Waals surface area contributed by atoms with E-state index in [1.54, 1.807) is 13.8 Å². The molecule has 0 aliphatic heterocycles. The molecule has 186 valence electrons. The van der Waals surface area contributed by atoms with Gasteiger partial charge in [0, 0.05) is 5.92 Å². The number of alkyl halides is 1. The SMILES string of the molecule is CCOC(=O)C(Br)(C(=O)OCC)C(c1ccccc1)c1cc(C(C)(C)C)c([O-])c(C(C)(C)C)c1.[K+]. The second-order valence-electron chi connectivity index (χ2n) is 10.4. The molecular weight excluding hydrogens is 535 g/mol. The topological polar surface area (TPSA) is 75.7 Å². The molecule has 0 aliphatic rings. The van der Waals surface area contributed by atoms with Crippen LogP contribution in [0.3, 0.4) is 0 Å². The van der Waals surface area contributed by atoms with Gasteiger partial charge in [0.2, 0.25) is 4.32 Å². The van der Waals surface area contributed by atoms with Gasteiger partial charge in [-0.1, -0.05) is 99.9 Å². The van der Waals surface area contributed by atoms with E-state index >= 15 is 0 Å². The molecule has 1 unspecified atom stereocenters. The summed E-state index contributed by atoms with van der Waals surface area (Å²) in [5.74, 6) is -2.29. The maximum Gasteiger partial charge on any atom is 1.00 e. The van der Waals surface area contributed by atoms with Crippen molar-refractivity contribution in [2.24, 2.45) is 0 Å². The average molecular weight is 572 g/mol. The monoisotopic (exact) mass is 570 g/mol. The smallest absolute Gasteiger partial charge is 0.872 e. The van der Waals surface area contributed by atoms with Crippen LogP contribution in [-0.2, 0) is 29.9 Å². The first-order valence-electron chi connectivity index (χ1n) is 11.6. The number of carbonyl (C=O) groups excluding carboxylic acids is 2. The number of benzene rings is 2. The van der Waals surface area contributed by atoms with Crippen LogP contribution >= 0.6 is 15.9 Å². The van der Waals surface area contributed by atoms with Crippen LogP contribution in [0.25, 0.3) is 0 Å². The summed E-state index contributed by atoms with van der Waals surface area (Å²) in [7, 11) is 0. The molecule has 2 aromatic rings. The Bertz CT molecular complexity index is 969. The van der Waals surface area contributed by atoms with Crippen LogP contribution in [0.1, 0.15) is 83.6 Å². The molecule has 0 saturated carbocycles. The van der Waals surface area contributed by atoms with E-state index in [9.17, 15) is 14.7 Å². The quantitative estimate of drug-likeness (QED) is 0.221. The van der Waals surface area contributed by atoms with Crippen molar-refractivity contribution >= 4 is 27.9 Å². The molecule has 0 amide bonds. The number of esters is 2. The summed E-state index contributed by atoms with van der Waals surface area (Å²) in [6.07, 6.45) is 0. The Morgan fingerprint density at radius 1 is 0.829 bits per heavy atom. The second kappa shape index (κ2) is 12.7. The standard InChI is InChI=1S/C28H37BrO5.K/c1-9-33-24(31)28(29,25(32)34-10-2)22(18-14-12-11-13-15-18)19-16-20(26(3,4)5)23(30)21(17-19)27(6,7)8;/h11-17,22,30H,9-10H2,1-8H3;/q;+1/p-1. The van der Waals surface area contributed by atoms with E-state index in [1.807, 2.05) is 84.0 Å². The Labute approximate surface area is 260 Å². The zero-order valence-corrected chi connectivity index (χ0v) is 27.2. The second-order valence-corrected chi connectivity index (χ2v) is 11.7. The molecule has 0 aliphatic carbocycles. The van der Waals surface area contributed by atoms with E-state index in [1.165, 1.54) is 0 Å². The van der Waals surface area contributed by atoms with Gasteiger partial charge in [0.05, 0.1) is 13.2 Å². The van der Waals surface area contributed by atoms with Crippen molar-refractivity contribution in [3.63, 3.8) is 0 Å². The van der Waals surface area contributed by atoms with Crippen molar-refractivity contribution in [3.8, 4) is 5.75 Å². The zero-order valence-electron chi connectivity index (χ0n) is 22.5. The van der Waals surface area contributed by atoms with E-state index in [0.717, 1.165) is 5.56 Å². The summed E-state index contributed by atoms with van der Waals surface area (Å²) >= 11 is 3.50. The van der Waals surface area contributed by atoms with Crippen molar-refractivity contribution in [2.45, 2.75) is 76.5 Å². The molecule has 35 heavy (non-hydrogen) atoms.